The fourth-order valence-electron chi connectivity index (χ4n) is 3.88. The molecule has 5 rings (SSSR count). The third-order valence-electron chi connectivity index (χ3n) is 5.58. The van der Waals surface area contributed by atoms with Crippen LogP contribution in [0.25, 0.3) is 22.2 Å². The van der Waals surface area contributed by atoms with Crippen LogP contribution in [0, 0.1) is 6.92 Å². The van der Waals surface area contributed by atoms with Gasteiger partial charge in [0.15, 0.2) is 0 Å². The third kappa shape index (κ3) is 3.18. The summed E-state index contributed by atoms with van der Waals surface area (Å²) in [5.74, 6) is 0.602. The SMILES string of the molecule is Cc1ccc(-c2cc(C(=O)N3CCc4nc5ccccc5c(=O)n4CC3)[nH]n2)cc1. The summed E-state index contributed by atoms with van der Waals surface area (Å²) in [4.78, 5) is 32.3. The van der Waals surface area contributed by atoms with Crippen molar-refractivity contribution >= 4 is 16.8 Å². The van der Waals surface area contributed by atoms with Crippen LogP contribution in [0.3, 0.4) is 0 Å². The summed E-state index contributed by atoms with van der Waals surface area (Å²) < 4.78 is 1.69. The lowest BCUT2D eigenvalue weighted by Crippen LogP contribution is -2.34. The fourth-order valence-corrected chi connectivity index (χ4v) is 3.88. The summed E-state index contributed by atoms with van der Waals surface area (Å²) in [6.45, 7) is 3.41. The van der Waals surface area contributed by atoms with Gasteiger partial charge < -0.3 is 4.90 Å². The number of hydrogen-bond acceptors (Lipinski definition) is 4. The van der Waals surface area contributed by atoms with Gasteiger partial charge in [-0.25, -0.2) is 4.98 Å². The van der Waals surface area contributed by atoms with Crippen molar-refractivity contribution in [2.75, 3.05) is 13.1 Å². The first-order valence-electron chi connectivity index (χ1n) is 10.0. The Kier molecular flexibility index (Phi) is 4.43. The monoisotopic (exact) mass is 399 g/mol. The average molecular weight is 399 g/mol. The van der Waals surface area contributed by atoms with E-state index in [1.54, 1.807) is 21.6 Å². The number of aryl methyl sites for hydroxylation is 1. The number of aromatic nitrogens is 4. The number of carbonyl (C=O) groups excluding carboxylic acids is 1. The summed E-state index contributed by atoms with van der Waals surface area (Å²) in [6.07, 6.45) is 0.533. The predicted octanol–water partition coefficient (Wildman–Crippen LogP) is 2.79. The molecule has 0 fully saturated rings. The summed E-state index contributed by atoms with van der Waals surface area (Å²) in [5, 5.41) is 7.78. The number of aromatic amines is 1. The zero-order chi connectivity index (χ0) is 20.7. The Labute approximate surface area is 173 Å². The summed E-state index contributed by atoms with van der Waals surface area (Å²) >= 11 is 0. The zero-order valence-electron chi connectivity index (χ0n) is 16.6. The van der Waals surface area contributed by atoms with Crippen molar-refractivity contribution < 1.29 is 4.79 Å². The molecule has 0 saturated carbocycles. The van der Waals surface area contributed by atoms with Crippen molar-refractivity contribution in [3.8, 4) is 11.3 Å². The van der Waals surface area contributed by atoms with E-state index in [0.29, 0.717) is 42.7 Å². The van der Waals surface area contributed by atoms with Crippen LogP contribution in [0.4, 0.5) is 0 Å². The van der Waals surface area contributed by atoms with Crippen LogP contribution in [0.15, 0.2) is 59.4 Å². The van der Waals surface area contributed by atoms with E-state index in [9.17, 15) is 9.59 Å². The van der Waals surface area contributed by atoms with E-state index < -0.39 is 0 Å². The lowest BCUT2D eigenvalue weighted by molar-refractivity contribution is 0.0753. The molecule has 7 heteroatoms. The Morgan fingerprint density at radius 3 is 2.67 bits per heavy atom. The number of benzene rings is 2. The zero-order valence-corrected chi connectivity index (χ0v) is 16.6. The molecule has 30 heavy (non-hydrogen) atoms. The number of hydrogen-bond donors (Lipinski definition) is 1. The molecule has 0 atom stereocenters. The largest absolute Gasteiger partial charge is 0.335 e. The van der Waals surface area contributed by atoms with E-state index in [1.807, 2.05) is 49.4 Å². The highest BCUT2D eigenvalue weighted by Crippen LogP contribution is 2.19. The van der Waals surface area contributed by atoms with Gasteiger partial charge in [0, 0.05) is 31.6 Å². The van der Waals surface area contributed by atoms with E-state index in [1.165, 1.54) is 5.56 Å². The number of rotatable bonds is 2. The molecule has 0 spiro atoms. The molecule has 0 aliphatic carbocycles. The van der Waals surface area contributed by atoms with Crippen molar-refractivity contribution in [2.45, 2.75) is 19.9 Å². The second-order valence-electron chi connectivity index (χ2n) is 7.58. The van der Waals surface area contributed by atoms with Gasteiger partial charge in [-0.05, 0) is 25.1 Å². The number of carbonyl (C=O) groups is 1. The number of amides is 1. The van der Waals surface area contributed by atoms with Crippen molar-refractivity contribution in [3.63, 3.8) is 0 Å². The molecule has 4 aromatic rings. The molecule has 1 N–H and O–H groups in total. The number of nitrogens with one attached hydrogen (secondary N) is 1. The first-order chi connectivity index (χ1) is 14.6. The molecule has 0 bridgehead atoms. The van der Waals surface area contributed by atoms with Gasteiger partial charge in [0.1, 0.15) is 11.5 Å². The van der Waals surface area contributed by atoms with Crippen molar-refractivity contribution in [3.05, 3.63) is 82.0 Å². The lowest BCUT2D eigenvalue weighted by atomic mass is 10.1. The minimum absolute atomic E-state index is 0.0481. The number of fused-ring (bicyclic) bond motifs is 2. The first kappa shape index (κ1) is 18.3. The molecule has 1 aliphatic heterocycles. The van der Waals surface area contributed by atoms with Gasteiger partial charge >= 0.3 is 0 Å². The van der Waals surface area contributed by atoms with Gasteiger partial charge in [-0.2, -0.15) is 5.10 Å². The fraction of sp³-hybridized carbons (Fsp3) is 0.217. The van der Waals surface area contributed by atoms with E-state index >= 15 is 0 Å². The Bertz CT molecular complexity index is 1300. The molecule has 3 heterocycles. The van der Waals surface area contributed by atoms with Gasteiger partial charge in [0.05, 0.1) is 16.6 Å². The highest BCUT2D eigenvalue weighted by molar-refractivity contribution is 5.93. The van der Waals surface area contributed by atoms with Crippen LogP contribution in [-0.4, -0.2) is 43.6 Å². The first-order valence-corrected chi connectivity index (χ1v) is 10.0. The molecular weight excluding hydrogens is 378 g/mol. The van der Waals surface area contributed by atoms with Crippen LogP contribution in [-0.2, 0) is 13.0 Å². The maximum atomic E-state index is 13.1. The van der Waals surface area contributed by atoms with E-state index in [-0.39, 0.29) is 11.5 Å². The lowest BCUT2D eigenvalue weighted by Gasteiger charge is -2.18. The van der Waals surface area contributed by atoms with Gasteiger partial charge in [-0.1, -0.05) is 42.0 Å². The molecule has 0 radical (unpaired) electrons. The minimum Gasteiger partial charge on any atom is -0.335 e. The maximum Gasteiger partial charge on any atom is 0.271 e. The Morgan fingerprint density at radius 2 is 1.83 bits per heavy atom. The second-order valence-corrected chi connectivity index (χ2v) is 7.58. The summed E-state index contributed by atoms with van der Waals surface area (Å²) in [6, 6.07) is 17.2. The quantitative estimate of drug-likeness (QED) is 0.562. The van der Waals surface area contributed by atoms with Crippen molar-refractivity contribution in [2.24, 2.45) is 0 Å². The van der Waals surface area contributed by atoms with Gasteiger partial charge in [0.2, 0.25) is 0 Å². The van der Waals surface area contributed by atoms with Crippen LogP contribution in [0.5, 0.6) is 0 Å². The molecule has 1 aliphatic rings. The standard InChI is InChI=1S/C23H21N5O2/c1-15-6-8-16(9-7-15)19-14-20(26-25-19)23(30)27-11-10-21-24-18-5-3-2-4-17(18)22(29)28(21)13-12-27/h2-9,14H,10-13H2,1H3,(H,25,26). The number of para-hydroxylation sites is 1. The van der Waals surface area contributed by atoms with E-state index in [2.05, 4.69) is 15.2 Å². The van der Waals surface area contributed by atoms with Gasteiger partial charge in [0.25, 0.3) is 11.5 Å². The molecular formula is C23H21N5O2. The highest BCUT2D eigenvalue weighted by atomic mass is 16.2. The van der Waals surface area contributed by atoms with Crippen LogP contribution in [0.1, 0.15) is 21.9 Å². The molecule has 1 amide bonds. The van der Waals surface area contributed by atoms with E-state index in [4.69, 9.17) is 0 Å². The maximum absolute atomic E-state index is 13.1. The third-order valence-corrected chi connectivity index (χ3v) is 5.58. The topological polar surface area (TPSA) is 83.9 Å². The molecule has 2 aromatic heterocycles. The summed E-state index contributed by atoms with van der Waals surface area (Å²) in [5.41, 5.74) is 3.97. The van der Waals surface area contributed by atoms with Gasteiger partial charge in [-0.3, -0.25) is 19.3 Å². The summed E-state index contributed by atoms with van der Waals surface area (Å²) in [7, 11) is 0. The highest BCUT2D eigenvalue weighted by Gasteiger charge is 2.23. The Hall–Kier alpha value is -3.74. The van der Waals surface area contributed by atoms with Crippen LogP contribution in [0.2, 0.25) is 0 Å². The Balaban J connectivity index is 1.39. The number of nitrogens with zero attached hydrogens (tertiary/aromatic N) is 4. The molecule has 7 nitrogen and oxygen atoms in total. The molecule has 150 valence electrons. The van der Waals surface area contributed by atoms with Gasteiger partial charge in [-0.15, -0.1) is 0 Å². The van der Waals surface area contributed by atoms with Crippen LogP contribution >= 0.6 is 0 Å². The second kappa shape index (κ2) is 7.26. The normalized spacial score (nSPS) is 13.8. The number of H-pyrrole nitrogens is 1. The molecule has 2 aromatic carbocycles. The minimum atomic E-state index is -0.119. The smallest absolute Gasteiger partial charge is 0.271 e. The predicted molar refractivity (Wildman–Crippen MR) is 114 cm³/mol. The van der Waals surface area contributed by atoms with E-state index in [0.717, 1.165) is 17.1 Å². The van der Waals surface area contributed by atoms with Crippen LogP contribution < -0.4 is 5.56 Å². The van der Waals surface area contributed by atoms with Crippen molar-refractivity contribution in [1.82, 2.24) is 24.6 Å². The molecule has 0 unspecified atom stereocenters. The Morgan fingerprint density at radius 1 is 1.03 bits per heavy atom. The average Bonchev–Trinajstić information content (AvgIpc) is 3.16. The van der Waals surface area contributed by atoms with Crippen molar-refractivity contribution in [1.29, 1.82) is 0 Å². The molecule has 0 saturated heterocycles.